The predicted octanol–water partition coefficient (Wildman–Crippen LogP) is 1.66. The molecule has 1 saturated heterocycles. The smallest absolute Gasteiger partial charge is 0.263 e. The number of pyridine rings is 1. The Morgan fingerprint density at radius 1 is 1.30 bits per heavy atom. The molecule has 0 unspecified atom stereocenters. The molecule has 7 heteroatoms. The summed E-state index contributed by atoms with van der Waals surface area (Å²) >= 11 is 1.36. The summed E-state index contributed by atoms with van der Waals surface area (Å²) in [5, 5.41) is 3.72. The van der Waals surface area contributed by atoms with E-state index in [0.717, 1.165) is 50.0 Å². The number of carbonyl (C=O) groups is 1. The van der Waals surface area contributed by atoms with Crippen molar-refractivity contribution in [3.8, 4) is 10.7 Å². The monoisotopic (exact) mass is 332 g/mol. The third-order valence-electron chi connectivity index (χ3n) is 3.64. The van der Waals surface area contributed by atoms with Crippen LogP contribution in [0.1, 0.15) is 16.1 Å². The van der Waals surface area contributed by atoms with Crippen molar-refractivity contribution in [3.05, 3.63) is 35.5 Å². The SMILES string of the molecule is O=C(NCCN1CCCOCC1)c1cnc(-c2ccccn2)s1. The zero-order chi connectivity index (χ0) is 15.9. The van der Waals surface area contributed by atoms with Gasteiger partial charge in [0.05, 0.1) is 18.5 Å². The van der Waals surface area contributed by atoms with E-state index in [2.05, 4.69) is 20.2 Å². The molecular formula is C16H20N4O2S. The molecule has 0 atom stereocenters. The molecule has 23 heavy (non-hydrogen) atoms. The van der Waals surface area contributed by atoms with Crippen molar-refractivity contribution in [1.29, 1.82) is 0 Å². The van der Waals surface area contributed by atoms with Crippen LogP contribution >= 0.6 is 11.3 Å². The normalized spacial score (nSPS) is 16.0. The maximum absolute atomic E-state index is 12.2. The van der Waals surface area contributed by atoms with Crippen LogP contribution in [0.5, 0.6) is 0 Å². The van der Waals surface area contributed by atoms with E-state index in [4.69, 9.17) is 4.74 Å². The largest absolute Gasteiger partial charge is 0.380 e. The van der Waals surface area contributed by atoms with Gasteiger partial charge in [-0.15, -0.1) is 11.3 Å². The Bertz CT molecular complexity index is 624. The van der Waals surface area contributed by atoms with Crippen molar-refractivity contribution in [2.45, 2.75) is 6.42 Å². The number of aromatic nitrogens is 2. The zero-order valence-corrected chi connectivity index (χ0v) is 13.7. The van der Waals surface area contributed by atoms with Gasteiger partial charge in [-0.1, -0.05) is 6.07 Å². The fourth-order valence-electron chi connectivity index (χ4n) is 2.42. The van der Waals surface area contributed by atoms with Crippen LogP contribution in [0, 0.1) is 0 Å². The Morgan fingerprint density at radius 3 is 3.13 bits per heavy atom. The lowest BCUT2D eigenvalue weighted by atomic mass is 10.4. The van der Waals surface area contributed by atoms with Gasteiger partial charge in [0.15, 0.2) is 0 Å². The van der Waals surface area contributed by atoms with Crippen LogP contribution in [0.3, 0.4) is 0 Å². The van der Waals surface area contributed by atoms with Crippen LogP contribution in [0.2, 0.25) is 0 Å². The summed E-state index contributed by atoms with van der Waals surface area (Å²) in [6.07, 6.45) is 4.39. The molecule has 0 saturated carbocycles. The van der Waals surface area contributed by atoms with Crippen molar-refractivity contribution in [1.82, 2.24) is 20.2 Å². The minimum absolute atomic E-state index is 0.0734. The molecule has 3 heterocycles. The first-order valence-electron chi connectivity index (χ1n) is 7.78. The molecule has 0 aromatic carbocycles. The molecule has 6 nitrogen and oxygen atoms in total. The zero-order valence-electron chi connectivity index (χ0n) is 12.9. The van der Waals surface area contributed by atoms with Gasteiger partial charge in [0, 0.05) is 39.0 Å². The quantitative estimate of drug-likeness (QED) is 0.902. The van der Waals surface area contributed by atoms with E-state index >= 15 is 0 Å². The van der Waals surface area contributed by atoms with Crippen molar-refractivity contribution in [2.24, 2.45) is 0 Å². The molecule has 0 spiro atoms. The summed E-state index contributed by atoms with van der Waals surface area (Å²) in [4.78, 5) is 23.7. The highest BCUT2D eigenvalue weighted by molar-refractivity contribution is 7.16. The van der Waals surface area contributed by atoms with Gasteiger partial charge in [-0.25, -0.2) is 4.98 Å². The maximum atomic E-state index is 12.2. The molecule has 1 N–H and O–H groups in total. The first kappa shape index (κ1) is 16.0. The highest BCUT2D eigenvalue weighted by Gasteiger charge is 2.13. The molecule has 1 amide bonds. The maximum Gasteiger partial charge on any atom is 0.263 e. The number of amides is 1. The van der Waals surface area contributed by atoms with Crippen molar-refractivity contribution >= 4 is 17.2 Å². The molecule has 122 valence electrons. The molecular weight excluding hydrogens is 312 g/mol. The molecule has 1 aliphatic heterocycles. The third-order valence-corrected chi connectivity index (χ3v) is 4.66. The first-order valence-corrected chi connectivity index (χ1v) is 8.60. The van der Waals surface area contributed by atoms with Crippen molar-refractivity contribution < 1.29 is 9.53 Å². The van der Waals surface area contributed by atoms with Crippen LogP contribution < -0.4 is 5.32 Å². The average molecular weight is 332 g/mol. The van der Waals surface area contributed by atoms with Crippen LogP contribution in [-0.4, -0.2) is 60.2 Å². The summed E-state index contributed by atoms with van der Waals surface area (Å²) < 4.78 is 5.42. The highest BCUT2D eigenvalue weighted by atomic mass is 32.1. The van der Waals surface area contributed by atoms with Gasteiger partial charge in [0.1, 0.15) is 9.88 Å². The molecule has 0 radical (unpaired) electrons. The molecule has 3 rings (SSSR count). The predicted molar refractivity (Wildman–Crippen MR) is 89.6 cm³/mol. The second kappa shape index (κ2) is 8.14. The van der Waals surface area contributed by atoms with Gasteiger partial charge in [-0.3, -0.25) is 14.7 Å². The number of ether oxygens (including phenoxy) is 1. The summed E-state index contributed by atoms with van der Waals surface area (Å²) in [5.41, 5.74) is 0.793. The average Bonchev–Trinajstić information content (AvgIpc) is 2.94. The van der Waals surface area contributed by atoms with Crippen molar-refractivity contribution in [2.75, 3.05) is 39.4 Å². The third kappa shape index (κ3) is 4.57. The minimum Gasteiger partial charge on any atom is -0.380 e. The number of carbonyl (C=O) groups excluding carboxylic acids is 1. The Kier molecular flexibility index (Phi) is 5.68. The second-order valence-electron chi connectivity index (χ2n) is 5.31. The van der Waals surface area contributed by atoms with Crippen LogP contribution in [-0.2, 0) is 4.74 Å². The van der Waals surface area contributed by atoms with Gasteiger partial charge in [0.2, 0.25) is 0 Å². The van der Waals surface area contributed by atoms with Gasteiger partial charge in [0.25, 0.3) is 5.91 Å². The number of rotatable bonds is 5. The van der Waals surface area contributed by atoms with E-state index in [1.165, 1.54) is 11.3 Å². The molecule has 2 aromatic rings. The van der Waals surface area contributed by atoms with E-state index in [0.29, 0.717) is 11.4 Å². The number of hydrogen-bond donors (Lipinski definition) is 1. The Morgan fingerprint density at radius 2 is 2.26 bits per heavy atom. The summed E-state index contributed by atoms with van der Waals surface area (Å²) in [6.45, 7) is 5.05. The fourth-order valence-corrected chi connectivity index (χ4v) is 3.23. The van der Waals surface area contributed by atoms with E-state index in [1.54, 1.807) is 12.4 Å². The number of thiazole rings is 1. The number of nitrogens with zero attached hydrogens (tertiary/aromatic N) is 3. The second-order valence-corrected chi connectivity index (χ2v) is 6.34. The number of hydrogen-bond acceptors (Lipinski definition) is 6. The lowest BCUT2D eigenvalue weighted by Gasteiger charge is -2.18. The summed E-state index contributed by atoms with van der Waals surface area (Å²) in [5.74, 6) is -0.0734. The van der Waals surface area contributed by atoms with E-state index < -0.39 is 0 Å². The fraction of sp³-hybridized carbons (Fsp3) is 0.438. The molecule has 2 aromatic heterocycles. The summed E-state index contributed by atoms with van der Waals surface area (Å²) in [7, 11) is 0. The number of nitrogens with one attached hydrogen (secondary N) is 1. The van der Waals surface area contributed by atoms with Crippen molar-refractivity contribution in [3.63, 3.8) is 0 Å². The van der Waals surface area contributed by atoms with E-state index in [9.17, 15) is 4.79 Å². The molecule has 0 aliphatic carbocycles. The van der Waals surface area contributed by atoms with E-state index in [1.807, 2.05) is 18.2 Å². The van der Waals surface area contributed by atoms with Gasteiger partial charge < -0.3 is 10.1 Å². The molecule has 1 aliphatic rings. The summed E-state index contributed by atoms with van der Waals surface area (Å²) in [6, 6.07) is 5.66. The van der Waals surface area contributed by atoms with Gasteiger partial charge in [-0.05, 0) is 18.6 Å². The topological polar surface area (TPSA) is 67.4 Å². The molecule has 1 fully saturated rings. The lowest BCUT2D eigenvalue weighted by molar-refractivity contribution is 0.0951. The minimum atomic E-state index is -0.0734. The van der Waals surface area contributed by atoms with Crippen LogP contribution in [0.25, 0.3) is 10.7 Å². The Balaban J connectivity index is 1.49. The Hall–Kier alpha value is -1.83. The Labute approximate surface area is 139 Å². The highest BCUT2D eigenvalue weighted by Crippen LogP contribution is 2.22. The lowest BCUT2D eigenvalue weighted by Crippen LogP contribution is -2.36. The first-order chi connectivity index (χ1) is 11.3. The standard InChI is InChI=1S/C16H20N4O2S/c21-15(18-6-8-20-7-3-10-22-11-9-20)14-12-19-16(23-14)13-4-1-2-5-17-13/h1-2,4-5,12H,3,6-11H2,(H,18,21). The van der Waals surface area contributed by atoms with Gasteiger partial charge >= 0.3 is 0 Å². The van der Waals surface area contributed by atoms with Crippen LogP contribution in [0.4, 0.5) is 0 Å². The van der Waals surface area contributed by atoms with Gasteiger partial charge in [-0.2, -0.15) is 0 Å². The van der Waals surface area contributed by atoms with Crippen LogP contribution in [0.15, 0.2) is 30.6 Å². The molecule has 0 bridgehead atoms. The van der Waals surface area contributed by atoms with E-state index in [-0.39, 0.29) is 5.91 Å².